The molecule has 0 spiro atoms. The summed E-state index contributed by atoms with van der Waals surface area (Å²) in [5.74, 6) is 0.912. The molecule has 1 aliphatic rings. The topological polar surface area (TPSA) is 29.1 Å². The van der Waals surface area contributed by atoms with Crippen molar-refractivity contribution in [3.63, 3.8) is 0 Å². The Bertz CT molecular complexity index is 239. The van der Waals surface area contributed by atoms with Crippen LogP contribution < -0.4 is 5.32 Å². The number of hydrogen-bond acceptors (Lipinski definition) is 1. The van der Waals surface area contributed by atoms with Gasteiger partial charge < -0.3 is 5.32 Å². The lowest BCUT2D eigenvalue weighted by atomic mass is 9.84. The lowest BCUT2D eigenvalue weighted by Crippen LogP contribution is -2.36. The first-order valence-corrected chi connectivity index (χ1v) is 8.10. The minimum absolute atomic E-state index is 0.104. The number of nitrogens with one attached hydrogen (secondary N) is 1. The maximum atomic E-state index is 10.8. The zero-order valence-electron chi connectivity index (χ0n) is 14.9. The predicted octanol–water partition coefficient (Wildman–Crippen LogP) is 5.34. The highest BCUT2D eigenvalue weighted by atomic mass is 16.1. The Kier molecular flexibility index (Phi) is 12.9. The second-order valence-electron chi connectivity index (χ2n) is 6.94. The summed E-state index contributed by atoms with van der Waals surface area (Å²) in [5, 5.41) is 2.98. The number of hydrogen-bond donors (Lipinski definition) is 1. The fraction of sp³-hybridized carbons (Fsp3) is 0.833. The Morgan fingerprint density at radius 3 is 1.85 bits per heavy atom. The molecule has 0 bridgehead atoms. The van der Waals surface area contributed by atoms with Crippen LogP contribution in [0.4, 0.5) is 0 Å². The highest BCUT2D eigenvalue weighted by Gasteiger charge is 2.20. The summed E-state index contributed by atoms with van der Waals surface area (Å²) in [4.78, 5) is 10.8. The van der Waals surface area contributed by atoms with Crippen LogP contribution in [0.3, 0.4) is 0 Å². The van der Waals surface area contributed by atoms with E-state index in [0.717, 1.165) is 25.2 Å². The van der Waals surface area contributed by atoms with Crippen molar-refractivity contribution in [2.75, 3.05) is 0 Å². The molecule has 1 saturated carbocycles. The fourth-order valence-corrected chi connectivity index (χ4v) is 2.07. The van der Waals surface area contributed by atoms with Crippen LogP contribution >= 0.6 is 0 Å². The second-order valence-corrected chi connectivity index (χ2v) is 6.94. The monoisotopic (exact) mass is 283 g/mol. The van der Waals surface area contributed by atoms with E-state index in [4.69, 9.17) is 0 Å². The van der Waals surface area contributed by atoms with E-state index in [1.165, 1.54) is 12.8 Å². The van der Waals surface area contributed by atoms with Crippen molar-refractivity contribution in [3.8, 4) is 0 Å². The predicted molar refractivity (Wildman–Crippen MR) is 90.9 cm³/mol. The molecule has 1 rings (SSSR count). The normalized spacial score (nSPS) is 21.6. The van der Waals surface area contributed by atoms with Crippen molar-refractivity contribution in [1.29, 1.82) is 0 Å². The van der Waals surface area contributed by atoms with Gasteiger partial charge in [-0.15, -0.1) is 6.58 Å². The molecule has 1 aliphatic carbocycles. The lowest BCUT2D eigenvalue weighted by molar-refractivity contribution is -0.119. The Labute approximate surface area is 127 Å². The standard InChI is InChI=1S/C11H19NO.C5H12.C2H6/c1-3-4-10-5-7-11(8-6-10)12-9(2)13;1-5(2,3)4;1-2/h3,10-11H,1,4-8H2,2H3,(H,12,13);1-4H3;1-2H3. The molecule has 20 heavy (non-hydrogen) atoms. The Balaban J connectivity index is 0. The van der Waals surface area contributed by atoms with Crippen LogP contribution in [0.25, 0.3) is 0 Å². The average Bonchev–Trinajstić information content (AvgIpc) is 2.32. The summed E-state index contributed by atoms with van der Waals surface area (Å²) in [6.07, 6.45) is 7.88. The number of carbonyl (C=O) groups is 1. The van der Waals surface area contributed by atoms with Gasteiger partial charge in [0.05, 0.1) is 0 Å². The van der Waals surface area contributed by atoms with Crippen LogP contribution in [0.5, 0.6) is 0 Å². The van der Waals surface area contributed by atoms with Gasteiger partial charge in [0.15, 0.2) is 0 Å². The Hall–Kier alpha value is -0.790. The molecular weight excluding hydrogens is 246 g/mol. The minimum Gasteiger partial charge on any atom is -0.354 e. The molecule has 1 N–H and O–H groups in total. The number of carbonyl (C=O) groups excluding carboxylic acids is 1. The van der Waals surface area contributed by atoms with E-state index in [0.29, 0.717) is 11.5 Å². The van der Waals surface area contributed by atoms with E-state index in [2.05, 4.69) is 39.6 Å². The molecule has 1 fully saturated rings. The first-order valence-electron chi connectivity index (χ1n) is 8.10. The van der Waals surface area contributed by atoms with Gasteiger partial charge in [-0.25, -0.2) is 0 Å². The molecule has 0 aromatic heterocycles. The first-order chi connectivity index (χ1) is 9.22. The maximum Gasteiger partial charge on any atom is 0.217 e. The maximum absolute atomic E-state index is 10.8. The molecule has 0 aromatic carbocycles. The van der Waals surface area contributed by atoms with Crippen LogP contribution in [0.15, 0.2) is 12.7 Å². The summed E-state index contributed by atoms with van der Waals surface area (Å²) in [6.45, 7) is 18.1. The van der Waals surface area contributed by atoms with Crippen LogP contribution in [0.1, 0.15) is 80.6 Å². The zero-order chi connectivity index (χ0) is 16.2. The van der Waals surface area contributed by atoms with E-state index in [1.54, 1.807) is 6.92 Å². The van der Waals surface area contributed by atoms with Gasteiger partial charge in [-0.05, 0) is 43.4 Å². The fourth-order valence-electron chi connectivity index (χ4n) is 2.07. The van der Waals surface area contributed by atoms with Crippen molar-refractivity contribution >= 4 is 5.91 Å². The molecule has 120 valence electrons. The smallest absolute Gasteiger partial charge is 0.217 e. The van der Waals surface area contributed by atoms with Gasteiger partial charge in [0.1, 0.15) is 0 Å². The average molecular weight is 284 g/mol. The molecule has 2 nitrogen and oxygen atoms in total. The van der Waals surface area contributed by atoms with Crippen molar-refractivity contribution in [1.82, 2.24) is 5.32 Å². The summed E-state index contributed by atoms with van der Waals surface area (Å²) in [7, 11) is 0. The highest BCUT2D eigenvalue weighted by molar-refractivity contribution is 5.73. The van der Waals surface area contributed by atoms with E-state index < -0.39 is 0 Å². The summed E-state index contributed by atoms with van der Waals surface area (Å²) in [5.41, 5.74) is 0.500. The Morgan fingerprint density at radius 1 is 1.15 bits per heavy atom. The van der Waals surface area contributed by atoms with Crippen molar-refractivity contribution in [2.24, 2.45) is 11.3 Å². The summed E-state index contributed by atoms with van der Waals surface area (Å²) < 4.78 is 0. The largest absolute Gasteiger partial charge is 0.354 e. The third-order valence-electron chi connectivity index (χ3n) is 2.75. The zero-order valence-corrected chi connectivity index (χ0v) is 14.9. The highest BCUT2D eigenvalue weighted by Crippen LogP contribution is 2.26. The number of allylic oxidation sites excluding steroid dienone is 1. The third kappa shape index (κ3) is 17.2. The summed E-state index contributed by atoms with van der Waals surface area (Å²) >= 11 is 0. The van der Waals surface area contributed by atoms with Gasteiger partial charge in [0.2, 0.25) is 5.91 Å². The molecule has 0 heterocycles. The molecule has 0 radical (unpaired) electrons. The number of amides is 1. The molecule has 0 aliphatic heterocycles. The van der Waals surface area contributed by atoms with Crippen molar-refractivity contribution in [3.05, 3.63) is 12.7 Å². The minimum atomic E-state index is 0.104. The van der Waals surface area contributed by atoms with Crippen LogP contribution in [0, 0.1) is 11.3 Å². The van der Waals surface area contributed by atoms with Crippen LogP contribution in [-0.2, 0) is 4.79 Å². The van der Waals surface area contributed by atoms with E-state index in [-0.39, 0.29) is 5.91 Å². The SMILES string of the molecule is C=CCC1CCC(NC(C)=O)CC1.CC.CC(C)(C)C. The van der Waals surface area contributed by atoms with Gasteiger partial charge in [-0.1, -0.05) is 47.6 Å². The quantitative estimate of drug-likeness (QED) is 0.696. The van der Waals surface area contributed by atoms with Gasteiger partial charge in [0, 0.05) is 13.0 Å². The Morgan fingerprint density at radius 2 is 1.55 bits per heavy atom. The first kappa shape index (κ1) is 21.5. The molecular formula is C18H37NO. The van der Waals surface area contributed by atoms with Crippen LogP contribution in [-0.4, -0.2) is 11.9 Å². The molecule has 2 heteroatoms. The molecule has 0 unspecified atom stereocenters. The van der Waals surface area contributed by atoms with E-state index in [9.17, 15) is 4.79 Å². The second kappa shape index (κ2) is 12.0. The molecule has 0 atom stereocenters. The van der Waals surface area contributed by atoms with Gasteiger partial charge >= 0.3 is 0 Å². The third-order valence-corrected chi connectivity index (χ3v) is 2.75. The summed E-state index contributed by atoms with van der Waals surface area (Å²) in [6, 6.07) is 0.429. The number of rotatable bonds is 3. The van der Waals surface area contributed by atoms with Crippen molar-refractivity contribution in [2.45, 2.75) is 86.6 Å². The van der Waals surface area contributed by atoms with Gasteiger partial charge in [0.25, 0.3) is 0 Å². The molecule has 0 aromatic rings. The van der Waals surface area contributed by atoms with E-state index in [1.807, 2.05) is 19.9 Å². The molecule has 0 saturated heterocycles. The van der Waals surface area contributed by atoms with Crippen LogP contribution in [0.2, 0.25) is 0 Å². The van der Waals surface area contributed by atoms with Gasteiger partial charge in [-0.3, -0.25) is 4.79 Å². The van der Waals surface area contributed by atoms with Crippen molar-refractivity contribution < 1.29 is 4.79 Å². The molecule has 1 amide bonds. The lowest BCUT2D eigenvalue weighted by Gasteiger charge is -2.28. The van der Waals surface area contributed by atoms with Gasteiger partial charge in [-0.2, -0.15) is 0 Å². The van der Waals surface area contributed by atoms with E-state index >= 15 is 0 Å².